The maximum Gasteiger partial charge on any atom is 0.193 e. The predicted octanol–water partition coefficient (Wildman–Crippen LogP) is 2.51. The lowest BCUT2D eigenvalue weighted by molar-refractivity contribution is 0.104. The molecule has 0 aliphatic carbocycles. The molecular formula is C19H27FIN5O2. The number of guanidine groups is 1. The summed E-state index contributed by atoms with van der Waals surface area (Å²) in [5.74, 6) is 0.598. The summed E-state index contributed by atoms with van der Waals surface area (Å²) in [7, 11) is 3.44. The van der Waals surface area contributed by atoms with Crippen LogP contribution < -0.4 is 5.32 Å². The van der Waals surface area contributed by atoms with Gasteiger partial charge >= 0.3 is 0 Å². The first-order chi connectivity index (χ1) is 13.2. The molecule has 2 aromatic rings. The smallest absolute Gasteiger partial charge is 0.193 e. The summed E-state index contributed by atoms with van der Waals surface area (Å²) in [4.78, 5) is 8.97. The van der Waals surface area contributed by atoms with E-state index < -0.39 is 0 Å². The van der Waals surface area contributed by atoms with Crippen LogP contribution in [0.3, 0.4) is 0 Å². The molecule has 1 fully saturated rings. The number of aromatic nitrogens is 1. The number of ether oxygens (including phenoxy) is 1. The van der Waals surface area contributed by atoms with Gasteiger partial charge in [0.05, 0.1) is 11.8 Å². The number of methoxy groups -OCH3 is 1. The van der Waals surface area contributed by atoms with Gasteiger partial charge in [0.2, 0.25) is 0 Å². The molecule has 1 N–H and O–H groups in total. The Hall–Kier alpha value is -1.72. The van der Waals surface area contributed by atoms with Gasteiger partial charge in [-0.25, -0.2) is 4.39 Å². The second-order valence-corrected chi connectivity index (χ2v) is 6.46. The maximum atomic E-state index is 13.1. The highest BCUT2D eigenvalue weighted by Gasteiger charge is 2.21. The quantitative estimate of drug-likeness (QED) is 0.372. The third kappa shape index (κ3) is 6.14. The van der Waals surface area contributed by atoms with Crippen molar-refractivity contribution in [3.63, 3.8) is 0 Å². The second kappa shape index (κ2) is 11.3. The number of aliphatic imine (C=N–C) groups is 1. The third-order valence-corrected chi connectivity index (χ3v) is 4.73. The number of nitrogens with one attached hydrogen (secondary N) is 1. The first-order valence-corrected chi connectivity index (χ1v) is 9.05. The summed E-state index contributed by atoms with van der Waals surface area (Å²) < 4.78 is 23.6. The highest BCUT2D eigenvalue weighted by Crippen LogP contribution is 2.16. The van der Waals surface area contributed by atoms with E-state index in [2.05, 4.69) is 25.3 Å². The predicted molar refractivity (Wildman–Crippen MR) is 116 cm³/mol. The molecule has 9 heteroatoms. The van der Waals surface area contributed by atoms with Crippen LogP contribution in [0, 0.1) is 5.82 Å². The fourth-order valence-electron chi connectivity index (χ4n) is 3.20. The van der Waals surface area contributed by atoms with Crippen molar-refractivity contribution in [3.05, 3.63) is 53.7 Å². The Labute approximate surface area is 181 Å². The zero-order valence-electron chi connectivity index (χ0n) is 16.2. The van der Waals surface area contributed by atoms with E-state index in [1.54, 1.807) is 32.6 Å². The standard InChI is InChI=1S/C19H26FN5O2.HI/c1-21-19(22-13-18(26-2)15-3-5-16(20)6-4-15)25-10-8-24(9-11-25)14-17-7-12-27-23-17;/h3-7,12,18H,8-11,13-14H2,1-2H3,(H,21,22);1H. The summed E-state index contributed by atoms with van der Waals surface area (Å²) in [5.41, 5.74) is 1.88. The molecule has 0 bridgehead atoms. The Balaban J connectivity index is 0.00000280. The molecule has 28 heavy (non-hydrogen) atoms. The molecule has 3 rings (SSSR count). The van der Waals surface area contributed by atoms with Crippen LogP contribution in [0.4, 0.5) is 4.39 Å². The molecule has 7 nitrogen and oxygen atoms in total. The average molecular weight is 503 g/mol. The van der Waals surface area contributed by atoms with Crippen molar-refractivity contribution in [1.29, 1.82) is 0 Å². The van der Waals surface area contributed by atoms with Gasteiger partial charge in [-0.15, -0.1) is 24.0 Å². The molecule has 1 aromatic heterocycles. The van der Waals surface area contributed by atoms with Gasteiger partial charge in [-0.3, -0.25) is 9.89 Å². The molecule has 1 aliphatic heterocycles. The molecule has 0 spiro atoms. The normalized spacial score (nSPS) is 16.5. The minimum atomic E-state index is -0.249. The zero-order chi connectivity index (χ0) is 19.1. The Morgan fingerprint density at radius 2 is 1.96 bits per heavy atom. The van der Waals surface area contributed by atoms with Crippen LogP contribution >= 0.6 is 24.0 Å². The average Bonchev–Trinajstić information content (AvgIpc) is 3.20. The first kappa shape index (κ1) is 22.6. The molecule has 154 valence electrons. The SMILES string of the molecule is CN=C(NCC(OC)c1ccc(F)cc1)N1CCN(Cc2ccon2)CC1.I. The van der Waals surface area contributed by atoms with E-state index in [1.807, 2.05) is 6.07 Å². The number of rotatable bonds is 6. The maximum absolute atomic E-state index is 13.1. The molecular weight excluding hydrogens is 476 g/mol. The summed E-state index contributed by atoms with van der Waals surface area (Å²) >= 11 is 0. The van der Waals surface area contributed by atoms with Crippen LogP contribution in [0.25, 0.3) is 0 Å². The van der Waals surface area contributed by atoms with Gasteiger partial charge in [0, 0.05) is 59.5 Å². The number of piperazine rings is 1. The highest BCUT2D eigenvalue weighted by atomic mass is 127. The third-order valence-electron chi connectivity index (χ3n) is 4.73. The monoisotopic (exact) mass is 503 g/mol. The van der Waals surface area contributed by atoms with Crippen LogP contribution in [0.5, 0.6) is 0 Å². The Morgan fingerprint density at radius 1 is 1.25 bits per heavy atom. The topological polar surface area (TPSA) is 66.1 Å². The zero-order valence-corrected chi connectivity index (χ0v) is 18.5. The molecule has 0 radical (unpaired) electrons. The molecule has 1 saturated heterocycles. The van der Waals surface area contributed by atoms with Gasteiger partial charge in [0.1, 0.15) is 12.1 Å². The number of nitrogens with zero attached hydrogens (tertiary/aromatic N) is 4. The van der Waals surface area contributed by atoms with Crippen LogP contribution in [0.2, 0.25) is 0 Å². The molecule has 2 heterocycles. The molecule has 1 atom stereocenters. The van der Waals surface area contributed by atoms with Gasteiger partial charge < -0.3 is 19.5 Å². The summed E-state index contributed by atoms with van der Waals surface area (Å²) in [6.45, 7) is 4.98. The number of halogens is 2. The van der Waals surface area contributed by atoms with E-state index in [4.69, 9.17) is 9.26 Å². The Morgan fingerprint density at radius 3 is 2.54 bits per heavy atom. The lowest BCUT2D eigenvalue weighted by atomic mass is 10.1. The van der Waals surface area contributed by atoms with E-state index in [-0.39, 0.29) is 35.9 Å². The minimum absolute atomic E-state index is 0. The van der Waals surface area contributed by atoms with Gasteiger partial charge in [0.25, 0.3) is 0 Å². The van der Waals surface area contributed by atoms with E-state index >= 15 is 0 Å². The fraction of sp³-hybridized carbons (Fsp3) is 0.474. The van der Waals surface area contributed by atoms with Gasteiger partial charge in [-0.1, -0.05) is 17.3 Å². The van der Waals surface area contributed by atoms with E-state index in [1.165, 1.54) is 12.1 Å². The van der Waals surface area contributed by atoms with Gasteiger partial charge in [0.15, 0.2) is 5.96 Å². The number of hydrogen-bond acceptors (Lipinski definition) is 5. The largest absolute Gasteiger partial charge is 0.375 e. The van der Waals surface area contributed by atoms with Crippen molar-refractivity contribution < 1.29 is 13.7 Å². The van der Waals surface area contributed by atoms with Crippen LogP contribution in [-0.4, -0.2) is 67.8 Å². The fourth-order valence-corrected chi connectivity index (χ4v) is 3.20. The Bertz CT molecular complexity index is 718. The van der Waals surface area contributed by atoms with Gasteiger partial charge in [-0.2, -0.15) is 0 Å². The summed E-state index contributed by atoms with van der Waals surface area (Å²) in [6.07, 6.45) is 1.43. The van der Waals surface area contributed by atoms with Crippen molar-refractivity contribution in [2.75, 3.05) is 46.9 Å². The molecule has 1 unspecified atom stereocenters. The van der Waals surface area contributed by atoms with E-state index in [0.29, 0.717) is 6.54 Å². The Kier molecular flexibility index (Phi) is 9.13. The number of benzene rings is 1. The molecule has 0 amide bonds. The number of hydrogen-bond donors (Lipinski definition) is 1. The van der Waals surface area contributed by atoms with Gasteiger partial charge in [-0.05, 0) is 17.7 Å². The molecule has 1 aromatic carbocycles. The summed E-state index contributed by atoms with van der Waals surface area (Å²) in [5, 5.41) is 7.34. The molecule has 1 aliphatic rings. The van der Waals surface area contributed by atoms with Crippen molar-refractivity contribution in [2.45, 2.75) is 12.6 Å². The first-order valence-electron chi connectivity index (χ1n) is 9.05. The van der Waals surface area contributed by atoms with E-state index in [0.717, 1.165) is 49.9 Å². The highest BCUT2D eigenvalue weighted by molar-refractivity contribution is 14.0. The van der Waals surface area contributed by atoms with Crippen LogP contribution in [0.15, 0.2) is 46.1 Å². The lowest BCUT2D eigenvalue weighted by Gasteiger charge is -2.36. The van der Waals surface area contributed by atoms with Crippen LogP contribution in [0.1, 0.15) is 17.4 Å². The van der Waals surface area contributed by atoms with Crippen molar-refractivity contribution >= 4 is 29.9 Å². The van der Waals surface area contributed by atoms with Crippen molar-refractivity contribution in [1.82, 2.24) is 20.3 Å². The minimum Gasteiger partial charge on any atom is -0.375 e. The molecule has 0 saturated carbocycles. The van der Waals surface area contributed by atoms with Crippen LogP contribution in [-0.2, 0) is 11.3 Å². The lowest BCUT2D eigenvalue weighted by Crippen LogP contribution is -2.52. The van der Waals surface area contributed by atoms with E-state index in [9.17, 15) is 4.39 Å². The summed E-state index contributed by atoms with van der Waals surface area (Å²) in [6, 6.07) is 8.29. The second-order valence-electron chi connectivity index (χ2n) is 6.46. The van der Waals surface area contributed by atoms with Crippen molar-refractivity contribution in [3.8, 4) is 0 Å². The van der Waals surface area contributed by atoms with Crippen molar-refractivity contribution in [2.24, 2.45) is 4.99 Å².